The molecule has 1 N–H and O–H groups in total. The zero-order valence-corrected chi connectivity index (χ0v) is 14.3. The first-order valence-electron chi connectivity index (χ1n) is 7.96. The van der Waals surface area contributed by atoms with E-state index in [0.29, 0.717) is 11.3 Å². The average Bonchev–Trinajstić information content (AvgIpc) is 2.90. The molecule has 21 heavy (non-hydrogen) atoms. The molecule has 1 aromatic rings. The number of anilines is 1. The quantitative estimate of drug-likeness (QED) is 0.894. The van der Waals surface area contributed by atoms with E-state index in [2.05, 4.69) is 37.9 Å². The van der Waals surface area contributed by atoms with E-state index in [1.165, 1.54) is 12.1 Å². The highest BCUT2D eigenvalue weighted by Crippen LogP contribution is 2.38. The molecule has 2 atom stereocenters. The van der Waals surface area contributed by atoms with Gasteiger partial charge in [0.05, 0.1) is 0 Å². The van der Waals surface area contributed by atoms with Crippen molar-refractivity contribution in [3.05, 3.63) is 29.1 Å². The van der Waals surface area contributed by atoms with Gasteiger partial charge < -0.3 is 10.2 Å². The second-order valence-corrected chi connectivity index (χ2v) is 7.47. The SMILES string of the molecule is CNC(C)c1cc(F)c(C)cc1N1CCC(C(C)(C)C)C1. The number of hydrogen-bond acceptors (Lipinski definition) is 2. The molecule has 1 fully saturated rings. The highest BCUT2D eigenvalue weighted by Gasteiger charge is 2.33. The third-order valence-electron chi connectivity index (χ3n) is 4.96. The third-order valence-corrected chi connectivity index (χ3v) is 4.96. The molecule has 1 aliphatic rings. The van der Waals surface area contributed by atoms with Crippen molar-refractivity contribution in [2.75, 3.05) is 25.0 Å². The molecule has 0 aromatic heterocycles. The predicted molar refractivity (Wildman–Crippen MR) is 88.4 cm³/mol. The molecule has 1 aromatic carbocycles. The summed E-state index contributed by atoms with van der Waals surface area (Å²) in [7, 11) is 1.92. The number of rotatable bonds is 3. The average molecular weight is 292 g/mol. The van der Waals surface area contributed by atoms with Crippen molar-refractivity contribution in [1.29, 1.82) is 0 Å². The van der Waals surface area contributed by atoms with Crippen molar-refractivity contribution in [3.8, 4) is 0 Å². The van der Waals surface area contributed by atoms with Gasteiger partial charge in [-0.05, 0) is 61.9 Å². The van der Waals surface area contributed by atoms with Crippen LogP contribution in [0.5, 0.6) is 0 Å². The van der Waals surface area contributed by atoms with Gasteiger partial charge in [0, 0.05) is 24.8 Å². The van der Waals surface area contributed by atoms with Crippen LogP contribution in [0.2, 0.25) is 0 Å². The maximum absolute atomic E-state index is 14.0. The fraction of sp³-hybridized carbons (Fsp3) is 0.667. The summed E-state index contributed by atoms with van der Waals surface area (Å²) in [5, 5.41) is 3.24. The first kappa shape index (κ1) is 16.3. The molecular weight excluding hydrogens is 263 g/mol. The standard InChI is InChI=1S/C18H29FN2/c1-12-9-17(15(10-16(12)19)13(2)20-6)21-8-7-14(11-21)18(3,4)5/h9-10,13-14,20H,7-8,11H2,1-6H3. The van der Waals surface area contributed by atoms with Crippen LogP contribution in [-0.4, -0.2) is 20.1 Å². The van der Waals surface area contributed by atoms with Gasteiger partial charge in [-0.1, -0.05) is 20.8 Å². The Balaban J connectivity index is 2.33. The van der Waals surface area contributed by atoms with Crippen LogP contribution in [-0.2, 0) is 0 Å². The number of benzene rings is 1. The second kappa shape index (κ2) is 5.96. The molecule has 1 saturated heterocycles. The van der Waals surface area contributed by atoms with Gasteiger partial charge in [-0.2, -0.15) is 0 Å². The van der Waals surface area contributed by atoms with Crippen molar-refractivity contribution >= 4 is 5.69 Å². The van der Waals surface area contributed by atoms with Gasteiger partial charge in [-0.25, -0.2) is 4.39 Å². The lowest BCUT2D eigenvalue weighted by molar-refractivity contribution is 0.263. The van der Waals surface area contributed by atoms with E-state index >= 15 is 0 Å². The predicted octanol–water partition coefficient (Wildman–Crippen LogP) is 4.29. The first-order valence-corrected chi connectivity index (χ1v) is 7.96. The van der Waals surface area contributed by atoms with Gasteiger partial charge in [0.25, 0.3) is 0 Å². The molecular formula is C18H29FN2. The highest BCUT2D eigenvalue weighted by molar-refractivity contribution is 5.58. The second-order valence-electron chi connectivity index (χ2n) is 7.47. The van der Waals surface area contributed by atoms with Crippen LogP contribution in [0, 0.1) is 24.1 Å². The summed E-state index contributed by atoms with van der Waals surface area (Å²) >= 11 is 0. The van der Waals surface area contributed by atoms with E-state index in [-0.39, 0.29) is 11.9 Å². The van der Waals surface area contributed by atoms with E-state index in [0.717, 1.165) is 24.2 Å². The van der Waals surface area contributed by atoms with Crippen molar-refractivity contribution in [2.45, 2.75) is 47.1 Å². The van der Waals surface area contributed by atoms with E-state index < -0.39 is 0 Å². The highest BCUT2D eigenvalue weighted by atomic mass is 19.1. The van der Waals surface area contributed by atoms with Crippen LogP contribution in [0.25, 0.3) is 0 Å². The minimum absolute atomic E-state index is 0.109. The molecule has 0 bridgehead atoms. The van der Waals surface area contributed by atoms with Crippen molar-refractivity contribution < 1.29 is 4.39 Å². The molecule has 2 unspecified atom stereocenters. The lowest BCUT2D eigenvalue weighted by Gasteiger charge is -2.29. The normalized spacial score (nSPS) is 20.9. The Morgan fingerprint density at radius 1 is 1.33 bits per heavy atom. The van der Waals surface area contributed by atoms with Gasteiger partial charge in [0.2, 0.25) is 0 Å². The summed E-state index contributed by atoms with van der Waals surface area (Å²) in [5.41, 5.74) is 3.33. The number of nitrogens with zero attached hydrogens (tertiary/aromatic N) is 1. The maximum atomic E-state index is 14.0. The van der Waals surface area contributed by atoms with Crippen LogP contribution < -0.4 is 10.2 Å². The minimum atomic E-state index is -0.109. The molecule has 0 saturated carbocycles. The Kier molecular flexibility index (Phi) is 4.62. The zero-order valence-electron chi connectivity index (χ0n) is 14.3. The summed E-state index contributed by atoms with van der Waals surface area (Å²) in [6.45, 7) is 13.0. The fourth-order valence-corrected chi connectivity index (χ4v) is 3.14. The molecule has 2 nitrogen and oxygen atoms in total. The summed E-state index contributed by atoms with van der Waals surface area (Å²) in [6.07, 6.45) is 1.22. The topological polar surface area (TPSA) is 15.3 Å². The van der Waals surface area contributed by atoms with Crippen molar-refractivity contribution in [1.82, 2.24) is 5.32 Å². The number of nitrogens with one attached hydrogen (secondary N) is 1. The van der Waals surface area contributed by atoms with Gasteiger partial charge in [0.1, 0.15) is 5.82 Å². The Hall–Kier alpha value is -1.09. The molecule has 3 heteroatoms. The van der Waals surface area contributed by atoms with E-state index in [1.54, 1.807) is 6.07 Å². The van der Waals surface area contributed by atoms with Crippen LogP contribution in [0.4, 0.5) is 10.1 Å². The Labute approximate surface area is 128 Å². The summed E-state index contributed by atoms with van der Waals surface area (Å²) in [4.78, 5) is 2.44. The molecule has 2 rings (SSSR count). The molecule has 0 spiro atoms. The lowest BCUT2D eigenvalue weighted by Crippen LogP contribution is -2.27. The largest absolute Gasteiger partial charge is 0.371 e. The van der Waals surface area contributed by atoms with Crippen LogP contribution in [0.15, 0.2) is 12.1 Å². The van der Waals surface area contributed by atoms with Gasteiger partial charge in [0.15, 0.2) is 0 Å². The molecule has 1 heterocycles. The van der Waals surface area contributed by atoms with Gasteiger partial charge in [-0.3, -0.25) is 0 Å². The van der Waals surface area contributed by atoms with E-state index in [1.807, 2.05) is 20.0 Å². The van der Waals surface area contributed by atoms with Crippen molar-refractivity contribution in [3.63, 3.8) is 0 Å². The van der Waals surface area contributed by atoms with Crippen molar-refractivity contribution in [2.24, 2.45) is 11.3 Å². The number of aryl methyl sites for hydroxylation is 1. The smallest absolute Gasteiger partial charge is 0.126 e. The summed E-state index contributed by atoms with van der Waals surface area (Å²) in [5.74, 6) is 0.586. The number of hydrogen-bond donors (Lipinski definition) is 1. The zero-order chi connectivity index (χ0) is 15.8. The van der Waals surface area contributed by atoms with E-state index in [9.17, 15) is 4.39 Å². The Bertz CT molecular complexity index is 505. The van der Waals surface area contributed by atoms with Gasteiger partial charge in [-0.15, -0.1) is 0 Å². The Morgan fingerprint density at radius 3 is 2.52 bits per heavy atom. The molecule has 0 radical (unpaired) electrons. The molecule has 1 aliphatic heterocycles. The van der Waals surface area contributed by atoms with Crippen LogP contribution in [0.3, 0.4) is 0 Å². The monoisotopic (exact) mass is 292 g/mol. The van der Waals surface area contributed by atoms with Crippen LogP contribution in [0.1, 0.15) is 51.3 Å². The number of halogens is 1. The Morgan fingerprint density at radius 2 is 2.00 bits per heavy atom. The summed E-state index contributed by atoms with van der Waals surface area (Å²) < 4.78 is 14.0. The van der Waals surface area contributed by atoms with E-state index in [4.69, 9.17) is 0 Å². The van der Waals surface area contributed by atoms with Crippen LogP contribution >= 0.6 is 0 Å². The fourth-order valence-electron chi connectivity index (χ4n) is 3.14. The van der Waals surface area contributed by atoms with Gasteiger partial charge >= 0.3 is 0 Å². The molecule has 0 aliphatic carbocycles. The molecule has 118 valence electrons. The maximum Gasteiger partial charge on any atom is 0.126 e. The minimum Gasteiger partial charge on any atom is -0.371 e. The molecule has 0 amide bonds. The first-order chi connectivity index (χ1) is 9.74. The summed E-state index contributed by atoms with van der Waals surface area (Å²) in [6, 6.07) is 3.88. The lowest BCUT2D eigenvalue weighted by atomic mass is 9.80. The third kappa shape index (κ3) is 3.39.